The summed E-state index contributed by atoms with van der Waals surface area (Å²) in [7, 11) is 0.874. The van der Waals surface area contributed by atoms with Crippen LogP contribution in [-0.4, -0.2) is 58.0 Å². The van der Waals surface area contributed by atoms with Crippen LogP contribution in [0, 0.1) is 0 Å². The Labute approximate surface area is 177 Å². The van der Waals surface area contributed by atoms with Gasteiger partial charge < -0.3 is 15.0 Å². The first-order valence-corrected chi connectivity index (χ1v) is 11.9. The summed E-state index contributed by atoms with van der Waals surface area (Å²) >= 11 is 2.40. The molecule has 0 atom stereocenters. The molecular formula is C18H21N3O5S3. The second-order valence-corrected chi connectivity index (χ2v) is 11.1. The highest BCUT2D eigenvalue weighted by molar-refractivity contribution is 8.02. The number of benzene rings is 1. The van der Waals surface area contributed by atoms with Gasteiger partial charge in [0.1, 0.15) is 16.5 Å². The van der Waals surface area contributed by atoms with Crippen molar-refractivity contribution in [2.75, 3.05) is 38.4 Å². The Hall–Kier alpha value is -2.08. The summed E-state index contributed by atoms with van der Waals surface area (Å²) in [5.74, 6) is 0.295. The third-order valence-electron chi connectivity index (χ3n) is 4.24. The van der Waals surface area contributed by atoms with Crippen LogP contribution in [0.4, 0.5) is 5.69 Å². The van der Waals surface area contributed by atoms with E-state index in [4.69, 9.17) is 4.74 Å². The fraction of sp³-hybridized carbons (Fsp3) is 0.333. The maximum absolute atomic E-state index is 12.4. The topological polar surface area (TPSA) is 96.0 Å². The number of hydrogen-bond acceptors (Lipinski definition) is 7. The van der Waals surface area contributed by atoms with Crippen LogP contribution in [-0.2, 0) is 26.2 Å². The lowest BCUT2D eigenvalue weighted by molar-refractivity contribution is -0.123. The Morgan fingerprint density at radius 3 is 2.76 bits per heavy atom. The van der Waals surface area contributed by atoms with Gasteiger partial charge in [0.2, 0.25) is 11.8 Å². The van der Waals surface area contributed by atoms with Crippen LogP contribution >= 0.6 is 23.1 Å². The van der Waals surface area contributed by atoms with Gasteiger partial charge in [-0.3, -0.25) is 9.59 Å². The molecule has 2 amide bonds. The number of nitrogens with one attached hydrogen (secondary N) is 1. The number of fused-ring (bicyclic) bond motifs is 1. The Morgan fingerprint density at radius 1 is 1.31 bits per heavy atom. The summed E-state index contributed by atoms with van der Waals surface area (Å²) in [6.45, 7) is 0.123. The minimum atomic E-state index is -3.61. The smallest absolute Gasteiger partial charge is 0.252 e. The highest BCUT2D eigenvalue weighted by atomic mass is 32.3. The number of anilines is 1. The summed E-state index contributed by atoms with van der Waals surface area (Å²) < 4.78 is 32.0. The quantitative estimate of drug-likeness (QED) is 0.684. The van der Waals surface area contributed by atoms with Crippen molar-refractivity contribution < 1.29 is 22.7 Å². The number of sulfonamides is 1. The van der Waals surface area contributed by atoms with Gasteiger partial charge in [0.05, 0.1) is 22.8 Å². The first-order chi connectivity index (χ1) is 13.7. The Bertz CT molecular complexity index is 1030. The molecule has 2 aromatic rings. The van der Waals surface area contributed by atoms with Crippen LogP contribution in [0.15, 0.2) is 38.8 Å². The number of nitrogens with zero attached hydrogens (tertiary/aromatic N) is 2. The van der Waals surface area contributed by atoms with E-state index in [-0.39, 0.29) is 28.3 Å². The molecule has 156 valence electrons. The Morgan fingerprint density at radius 2 is 2.07 bits per heavy atom. The van der Waals surface area contributed by atoms with E-state index in [0.717, 1.165) is 21.2 Å². The highest BCUT2D eigenvalue weighted by Gasteiger charge is 2.32. The van der Waals surface area contributed by atoms with Crippen molar-refractivity contribution >= 4 is 50.6 Å². The molecule has 0 radical (unpaired) electrons. The number of thioether (sulfide) groups is 1. The van der Waals surface area contributed by atoms with Gasteiger partial charge in [-0.2, -0.15) is 0 Å². The van der Waals surface area contributed by atoms with Crippen LogP contribution in [0.2, 0.25) is 0 Å². The summed E-state index contributed by atoms with van der Waals surface area (Å²) in [5.41, 5.74) is 1.34. The molecule has 0 aliphatic carbocycles. The molecule has 11 heteroatoms. The summed E-state index contributed by atoms with van der Waals surface area (Å²) in [4.78, 5) is 26.2. The SMILES string of the molecule is COc1cccc(CNC(=O)CN2C(=O)CSc3sc(S(=O)(=O)N(C)C)cc32)c1. The number of methoxy groups -OCH3 is 1. The molecule has 0 spiro atoms. The zero-order chi connectivity index (χ0) is 21.2. The predicted octanol–water partition coefficient (Wildman–Crippen LogP) is 1.76. The van der Waals surface area contributed by atoms with E-state index in [2.05, 4.69) is 5.32 Å². The van der Waals surface area contributed by atoms with Gasteiger partial charge >= 0.3 is 0 Å². The molecule has 0 saturated heterocycles. The average molecular weight is 456 g/mol. The number of amides is 2. The fourth-order valence-corrected chi connectivity index (χ4v) is 6.57. The largest absolute Gasteiger partial charge is 0.497 e. The lowest BCUT2D eigenvalue weighted by Crippen LogP contribution is -2.42. The molecule has 1 aliphatic heterocycles. The molecule has 8 nitrogen and oxygen atoms in total. The summed E-state index contributed by atoms with van der Waals surface area (Å²) in [6.07, 6.45) is 0. The molecule has 3 rings (SSSR count). The van der Waals surface area contributed by atoms with E-state index >= 15 is 0 Å². The molecule has 1 N–H and O–H groups in total. The maximum atomic E-state index is 12.4. The standard InChI is InChI=1S/C18H21N3O5S3/c1-20(2)29(24,25)17-8-14-18(28-17)27-11-16(23)21(14)10-15(22)19-9-12-5-4-6-13(7-12)26-3/h4-8H,9-11H2,1-3H3,(H,19,22). The maximum Gasteiger partial charge on any atom is 0.252 e. The number of hydrogen-bond donors (Lipinski definition) is 1. The van der Waals surface area contributed by atoms with Crippen molar-refractivity contribution in [3.8, 4) is 5.75 Å². The van der Waals surface area contributed by atoms with E-state index in [1.807, 2.05) is 24.3 Å². The molecule has 0 unspecified atom stereocenters. The second-order valence-electron chi connectivity index (χ2n) is 6.42. The minimum Gasteiger partial charge on any atom is -0.497 e. The Kier molecular flexibility index (Phi) is 6.52. The summed E-state index contributed by atoms with van der Waals surface area (Å²) in [6, 6.07) is 8.79. The molecule has 1 aliphatic rings. The third kappa shape index (κ3) is 4.74. The van der Waals surface area contributed by atoms with Crippen LogP contribution in [0.3, 0.4) is 0 Å². The lowest BCUT2D eigenvalue weighted by Gasteiger charge is -2.25. The number of carbonyl (C=O) groups is 2. The van der Waals surface area contributed by atoms with E-state index < -0.39 is 10.0 Å². The van der Waals surface area contributed by atoms with Gasteiger partial charge in [-0.05, 0) is 23.8 Å². The van der Waals surface area contributed by atoms with Gasteiger partial charge in [-0.25, -0.2) is 12.7 Å². The number of carbonyl (C=O) groups excluding carboxylic acids is 2. The molecule has 0 fully saturated rings. The third-order valence-corrected chi connectivity index (χ3v) is 8.89. The van der Waals surface area contributed by atoms with Crippen molar-refractivity contribution in [2.45, 2.75) is 15.0 Å². The van der Waals surface area contributed by atoms with Crippen molar-refractivity contribution in [1.29, 1.82) is 0 Å². The highest BCUT2D eigenvalue weighted by Crippen LogP contribution is 2.43. The van der Waals surface area contributed by atoms with E-state index in [9.17, 15) is 18.0 Å². The molecule has 1 aromatic heterocycles. The minimum absolute atomic E-state index is 0.150. The fourth-order valence-electron chi connectivity index (χ4n) is 2.64. The zero-order valence-electron chi connectivity index (χ0n) is 16.2. The van der Waals surface area contributed by atoms with Gasteiger partial charge in [0.25, 0.3) is 10.0 Å². The lowest BCUT2D eigenvalue weighted by atomic mass is 10.2. The van der Waals surface area contributed by atoms with Gasteiger partial charge in [-0.15, -0.1) is 23.1 Å². The molecule has 2 heterocycles. The van der Waals surface area contributed by atoms with Crippen LogP contribution < -0.4 is 15.0 Å². The number of ether oxygens (including phenoxy) is 1. The number of rotatable bonds is 7. The van der Waals surface area contributed by atoms with Crippen LogP contribution in [0.1, 0.15) is 5.56 Å². The number of thiophene rings is 1. The molecule has 29 heavy (non-hydrogen) atoms. The molecular weight excluding hydrogens is 434 g/mol. The van der Waals surface area contributed by atoms with Gasteiger partial charge in [0.15, 0.2) is 0 Å². The van der Waals surface area contributed by atoms with Crippen molar-refractivity contribution in [3.05, 3.63) is 35.9 Å². The van der Waals surface area contributed by atoms with E-state index in [1.165, 1.54) is 36.8 Å². The predicted molar refractivity (Wildman–Crippen MR) is 113 cm³/mol. The van der Waals surface area contributed by atoms with Crippen LogP contribution in [0.25, 0.3) is 0 Å². The van der Waals surface area contributed by atoms with E-state index in [1.54, 1.807) is 7.11 Å². The normalized spacial score (nSPS) is 14.1. The van der Waals surface area contributed by atoms with Gasteiger partial charge in [0, 0.05) is 20.6 Å². The zero-order valence-corrected chi connectivity index (χ0v) is 18.6. The van der Waals surface area contributed by atoms with Crippen molar-refractivity contribution in [3.63, 3.8) is 0 Å². The molecule has 0 saturated carbocycles. The Balaban J connectivity index is 1.73. The van der Waals surface area contributed by atoms with Gasteiger partial charge in [-0.1, -0.05) is 12.1 Å². The van der Waals surface area contributed by atoms with E-state index in [0.29, 0.717) is 22.2 Å². The molecule has 0 bridgehead atoms. The first-order valence-electron chi connectivity index (χ1n) is 8.61. The summed E-state index contributed by atoms with van der Waals surface area (Å²) in [5, 5.41) is 2.79. The van der Waals surface area contributed by atoms with Crippen LogP contribution in [0.5, 0.6) is 5.75 Å². The average Bonchev–Trinajstić information content (AvgIpc) is 3.14. The van der Waals surface area contributed by atoms with Crippen molar-refractivity contribution in [2.24, 2.45) is 0 Å². The monoisotopic (exact) mass is 455 g/mol. The second kappa shape index (κ2) is 8.74. The van der Waals surface area contributed by atoms with Crippen molar-refractivity contribution in [1.82, 2.24) is 9.62 Å². The molecule has 1 aromatic carbocycles. The first kappa shape index (κ1) is 21.6.